The van der Waals surface area contributed by atoms with Crippen LogP contribution in [0.1, 0.15) is 0 Å². The van der Waals surface area contributed by atoms with E-state index in [2.05, 4.69) is 19.9 Å². The molecule has 2 aromatic heterocycles. The van der Waals surface area contributed by atoms with Gasteiger partial charge in [0.2, 0.25) is 0 Å². The summed E-state index contributed by atoms with van der Waals surface area (Å²) in [7, 11) is 0. The second-order valence-corrected chi connectivity index (χ2v) is 3.89. The highest BCUT2D eigenvalue weighted by Crippen LogP contribution is 2.29. The minimum absolute atomic E-state index is 0.288. The molecule has 3 N–H and O–H groups in total. The Hall–Kier alpha value is -2.14. The van der Waals surface area contributed by atoms with Crippen LogP contribution in [0.5, 0.6) is 0 Å². The second kappa shape index (κ2) is 3.71. The molecule has 0 radical (unpaired) electrons. The lowest BCUT2D eigenvalue weighted by Gasteiger charge is -2.01. The van der Waals surface area contributed by atoms with Gasteiger partial charge in [0.05, 0.1) is 16.6 Å². The van der Waals surface area contributed by atoms with Crippen LogP contribution in [0.25, 0.3) is 22.4 Å². The van der Waals surface area contributed by atoms with E-state index in [1.54, 1.807) is 0 Å². The molecule has 0 unspecified atom stereocenters. The lowest BCUT2D eigenvalue weighted by atomic mass is 10.3. The number of halogens is 1. The van der Waals surface area contributed by atoms with Gasteiger partial charge in [0.15, 0.2) is 0 Å². The highest BCUT2D eigenvalue weighted by molar-refractivity contribution is 6.32. The number of para-hydroxylation sites is 2. The van der Waals surface area contributed by atoms with Gasteiger partial charge in [-0.2, -0.15) is 0 Å². The van der Waals surface area contributed by atoms with Crippen LogP contribution in [-0.2, 0) is 0 Å². The van der Waals surface area contributed by atoms with Gasteiger partial charge in [0.1, 0.15) is 23.1 Å². The molecule has 3 aromatic rings. The third-order valence-electron chi connectivity index (χ3n) is 2.46. The zero-order chi connectivity index (χ0) is 11.8. The summed E-state index contributed by atoms with van der Waals surface area (Å²) in [6, 6.07) is 7.68. The van der Waals surface area contributed by atoms with Gasteiger partial charge < -0.3 is 10.7 Å². The number of nitrogen functional groups attached to an aromatic ring is 1. The zero-order valence-corrected chi connectivity index (χ0v) is 9.44. The number of aromatic amines is 1. The topological polar surface area (TPSA) is 80.5 Å². The molecule has 0 saturated heterocycles. The summed E-state index contributed by atoms with van der Waals surface area (Å²) in [6.45, 7) is 0. The molecule has 84 valence electrons. The van der Waals surface area contributed by atoms with Crippen molar-refractivity contribution in [2.24, 2.45) is 0 Å². The van der Waals surface area contributed by atoms with Crippen LogP contribution in [0.3, 0.4) is 0 Å². The van der Waals surface area contributed by atoms with Crippen molar-refractivity contribution in [1.29, 1.82) is 0 Å². The predicted molar refractivity (Wildman–Crippen MR) is 66.5 cm³/mol. The number of H-pyrrole nitrogens is 1. The maximum absolute atomic E-state index is 6.00. The van der Waals surface area contributed by atoms with E-state index in [9.17, 15) is 0 Å². The molecule has 0 spiro atoms. The third kappa shape index (κ3) is 1.60. The Morgan fingerprint density at radius 3 is 2.76 bits per heavy atom. The van der Waals surface area contributed by atoms with Crippen molar-refractivity contribution in [2.75, 3.05) is 5.73 Å². The minimum Gasteiger partial charge on any atom is -0.383 e. The fraction of sp³-hybridized carbons (Fsp3) is 0. The summed E-state index contributed by atoms with van der Waals surface area (Å²) < 4.78 is 0. The van der Waals surface area contributed by atoms with E-state index < -0.39 is 0 Å². The van der Waals surface area contributed by atoms with Gasteiger partial charge in [-0.05, 0) is 12.1 Å². The Balaban J connectivity index is 2.27. The van der Waals surface area contributed by atoms with E-state index >= 15 is 0 Å². The van der Waals surface area contributed by atoms with Crippen LogP contribution in [0.4, 0.5) is 5.82 Å². The molecule has 0 bridgehead atoms. The van der Waals surface area contributed by atoms with Crippen LogP contribution >= 0.6 is 11.6 Å². The Labute approximate surface area is 102 Å². The number of nitrogens with two attached hydrogens (primary N) is 1. The van der Waals surface area contributed by atoms with Crippen LogP contribution in [0.15, 0.2) is 30.6 Å². The van der Waals surface area contributed by atoms with E-state index in [4.69, 9.17) is 17.3 Å². The van der Waals surface area contributed by atoms with E-state index in [1.807, 2.05) is 24.3 Å². The largest absolute Gasteiger partial charge is 0.383 e. The highest BCUT2D eigenvalue weighted by Gasteiger charge is 2.13. The summed E-state index contributed by atoms with van der Waals surface area (Å²) in [5.41, 5.74) is 8.08. The maximum atomic E-state index is 6.00. The van der Waals surface area contributed by atoms with E-state index in [-0.39, 0.29) is 5.15 Å². The van der Waals surface area contributed by atoms with E-state index in [0.717, 1.165) is 11.0 Å². The molecular formula is C11H8ClN5. The Kier molecular flexibility index (Phi) is 2.19. The standard InChI is InChI=1S/C11H8ClN5/c12-9-8(10(13)15-5-14-9)11-16-6-3-1-2-4-7(6)17-11/h1-5H,(H,16,17)(H2,13,14,15). The van der Waals surface area contributed by atoms with Crippen LogP contribution in [0.2, 0.25) is 5.15 Å². The first-order valence-corrected chi connectivity index (χ1v) is 5.34. The Bertz CT molecular complexity index is 638. The van der Waals surface area contributed by atoms with E-state index in [1.165, 1.54) is 6.33 Å². The summed E-state index contributed by atoms with van der Waals surface area (Å²) in [5, 5.41) is 0.288. The SMILES string of the molecule is Nc1ncnc(Cl)c1-c1nc2ccccc2[nH]1. The molecule has 0 atom stereocenters. The number of rotatable bonds is 1. The van der Waals surface area contributed by atoms with Crippen LogP contribution in [-0.4, -0.2) is 19.9 Å². The van der Waals surface area contributed by atoms with Gasteiger partial charge in [0, 0.05) is 0 Å². The number of anilines is 1. The van der Waals surface area contributed by atoms with Crippen LogP contribution in [0, 0.1) is 0 Å². The third-order valence-corrected chi connectivity index (χ3v) is 2.74. The van der Waals surface area contributed by atoms with Crippen molar-refractivity contribution in [3.05, 3.63) is 35.7 Å². The summed E-state index contributed by atoms with van der Waals surface area (Å²) in [5.74, 6) is 0.887. The van der Waals surface area contributed by atoms with Gasteiger partial charge in [-0.3, -0.25) is 0 Å². The van der Waals surface area contributed by atoms with Crippen LogP contribution < -0.4 is 5.73 Å². The number of benzene rings is 1. The molecule has 0 amide bonds. The predicted octanol–water partition coefficient (Wildman–Crippen LogP) is 2.26. The minimum atomic E-state index is 0.288. The summed E-state index contributed by atoms with van der Waals surface area (Å²) in [4.78, 5) is 15.4. The van der Waals surface area contributed by atoms with Crippen molar-refractivity contribution in [1.82, 2.24) is 19.9 Å². The van der Waals surface area contributed by atoms with Gasteiger partial charge in [0.25, 0.3) is 0 Å². The first kappa shape index (κ1) is 10.0. The van der Waals surface area contributed by atoms with Crippen molar-refractivity contribution >= 4 is 28.5 Å². The molecule has 6 heteroatoms. The number of hydrogen-bond acceptors (Lipinski definition) is 4. The fourth-order valence-corrected chi connectivity index (χ4v) is 1.90. The highest BCUT2D eigenvalue weighted by atomic mass is 35.5. The van der Waals surface area contributed by atoms with E-state index in [0.29, 0.717) is 17.2 Å². The fourth-order valence-electron chi connectivity index (χ4n) is 1.67. The molecule has 17 heavy (non-hydrogen) atoms. The van der Waals surface area contributed by atoms with Crippen molar-refractivity contribution < 1.29 is 0 Å². The normalized spacial score (nSPS) is 10.9. The number of fused-ring (bicyclic) bond motifs is 1. The van der Waals surface area contributed by atoms with Gasteiger partial charge in [-0.15, -0.1) is 0 Å². The Morgan fingerprint density at radius 1 is 1.18 bits per heavy atom. The lowest BCUT2D eigenvalue weighted by molar-refractivity contribution is 1.16. The number of nitrogens with one attached hydrogen (secondary N) is 1. The first-order valence-electron chi connectivity index (χ1n) is 4.97. The smallest absolute Gasteiger partial charge is 0.145 e. The monoisotopic (exact) mass is 245 g/mol. The zero-order valence-electron chi connectivity index (χ0n) is 8.68. The molecule has 0 aliphatic rings. The molecule has 0 saturated carbocycles. The number of imidazole rings is 1. The van der Waals surface area contributed by atoms with Gasteiger partial charge in [-0.25, -0.2) is 15.0 Å². The molecule has 3 rings (SSSR count). The maximum Gasteiger partial charge on any atom is 0.145 e. The molecular weight excluding hydrogens is 238 g/mol. The molecule has 0 aliphatic heterocycles. The van der Waals surface area contributed by atoms with Gasteiger partial charge in [-0.1, -0.05) is 23.7 Å². The Morgan fingerprint density at radius 2 is 2.00 bits per heavy atom. The number of hydrogen-bond donors (Lipinski definition) is 2. The molecule has 0 aliphatic carbocycles. The molecule has 1 aromatic carbocycles. The number of aromatic nitrogens is 4. The average molecular weight is 246 g/mol. The summed E-state index contributed by atoms with van der Waals surface area (Å²) in [6.07, 6.45) is 1.32. The molecule has 0 fully saturated rings. The molecule has 2 heterocycles. The van der Waals surface area contributed by atoms with Crippen molar-refractivity contribution in [3.63, 3.8) is 0 Å². The number of nitrogens with zero attached hydrogens (tertiary/aromatic N) is 3. The quantitative estimate of drug-likeness (QED) is 0.645. The van der Waals surface area contributed by atoms with Crippen molar-refractivity contribution in [2.45, 2.75) is 0 Å². The molecule has 5 nitrogen and oxygen atoms in total. The second-order valence-electron chi connectivity index (χ2n) is 3.53. The lowest BCUT2D eigenvalue weighted by Crippen LogP contribution is -1.97. The van der Waals surface area contributed by atoms with Gasteiger partial charge >= 0.3 is 0 Å². The average Bonchev–Trinajstić information content (AvgIpc) is 2.71. The summed E-state index contributed by atoms with van der Waals surface area (Å²) >= 11 is 6.00. The first-order chi connectivity index (χ1) is 8.25. The van der Waals surface area contributed by atoms with Crippen molar-refractivity contribution in [3.8, 4) is 11.4 Å².